The molecule has 20 heavy (non-hydrogen) atoms. The summed E-state index contributed by atoms with van der Waals surface area (Å²) in [5.41, 5.74) is 1.91. The topological polar surface area (TPSA) is 59.9 Å². The summed E-state index contributed by atoms with van der Waals surface area (Å²) in [6.45, 7) is 9.30. The Morgan fingerprint density at radius 3 is 2.55 bits per heavy atom. The average Bonchev–Trinajstić information content (AvgIpc) is 2.77. The number of rotatable bonds is 4. The molecular formula is C14H20N4OS. The van der Waals surface area contributed by atoms with Crippen LogP contribution >= 0.6 is 11.3 Å². The van der Waals surface area contributed by atoms with Crippen LogP contribution in [-0.4, -0.2) is 27.8 Å². The van der Waals surface area contributed by atoms with Gasteiger partial charge in [0.05, 0.1) is 12.8 Å². The van der Waals surface area contributed by atoms with E-state index in [1.54, 1.807) is 24.5 Å². The van der Waals surface area contributed by atoms with Gasteiger partial charge in [0, 0.05) is 23.0 Å². The van der Waals surface area contributed by atoms with Gasteiger partial charge in [-0.15, -0.1) is 21.5 Å². The molecule has 0 aliphatic heterocycles. The van der Waals surface area contributed by atoms with E-state index < -0.39 is 0 Å². The van der Waals surface area contributed by atoms with E-state index in [1.165, 1.54) is 4.88 Å². The summed E-state index contributed by atoms with van der Waals surface area (Å²) >= 11 is 1.65. The molecule has 0 saturated heterocycles. The molecule has 5 nitrogen and oxygen atoms in total. The van der Waals surface area contributed by atoms with E-state index in [4.69, 9.17) is 4.74 Å². The fourth-order valence-electron chi connectivity index (χ4n) is 1.59. The minimum Gasteiger partial charge on any atom is -0.480 e. The van der Waals surface area contributed by atoms with Gasteiger partial charge in [0.2, 0.25) is 5.88 Å². The zero-order valence-corrected chi connectivity index (χ0v) is 13.3. The van der Waals surface area contributed by atoms with Crippen molar-refractivity contribution >= 4 is 11.3 Å². The largest absolute Gasteiger partial charge is 0.480 e. The number of ether oxygens (including phenoxy) is 1. The van der Waals surface area contributed by atoms with Crippen LogP contribution in [0.25, 0.3) is 10.7 Å². The van der Waals surface area contributed by atoms with Crippen molar-refractivity contribution in [3.8, 4) is 16.6 Å². The standard InChI is InChI=1S/C14H20N4OS/c1-9-11(8-15-14(2,3)4)20-13(16-9)10-6-7-12(19-5)18-17-10/h6-7,15H,8H2,1-5H3. The van der Waals surface area contributed by atoms with Crippen molar-refractivity contribution in [2.75, 3.05) is 7.11 Å². The summed E-state index contributed by atoms with van der Waals surface area (Å²) in [4.78, 5) is 5.80. The number of nitrogens with one attached hydrogen (secondary N) is 1. The Labute approximate surface area is 123 Å². The van der Waals surface area contributed by atoms with Crippen LogP contribution in [0.15, 0.2) is 12.1 Å². The van der Waals surface area contributed by atoms with Gasteiger partial charge >= 0.3 is 0 Å². The molecule has 2 rings (SSSR count). The van der Waals surface area contributed by atoms with Gasteiger partial charge in [-0.1, -0.05) is 0 Å². The molecule has 0 spiro atoms. The Kier molecular flexibility index (Phi) is 4.35. The number of aromatic nitrogens is 3. The van der Waals surface area contributed by atoms with Crippen molar-refractivity contribution in [3.05, 3.63) is 22.7 Å². The molecular weight excluding hydrogens is 272 g/mol. The number of nitrogens with zero attached hydrogens (tertiary/aromatic N) is 3. The third kappa shape index (κ3) is 3.74. The average molecular weight is 292 g/mol. The highest BCUT2D eigenvalue weighted by molar-refractivity contribution is 7.15. The molecule has 0 bridgehead atoms. The van der Waals surface area contributed by atoms with E-state index in [1.807, 2.05) is 13.0 Å². The monoisotopic (exact) mass is 292 g/mol. The van der Waals surface area contributed by atoms with Crippen molar-refractivity contribution in [1.29, 1.82) is 0 Å². The molecule has 0 aromatic carbocycles. The normalized spacial score (nSPS) is 11.7. The molecule has 0 aliphatic carbocycles. The summed E-state index contributed by atoms with van der Waals surface area (Å²) < 4.78 is 5.01. The predicted molar refractivity (Wildman–Crippen MR) is 81.0 cm³/mol. The lowest BCUT2D eigenvalue weighted by Crippen LogP contribution is -2.34. The SMILES string of the molecule is COc1ccc(-c2nc(C)c(CNC(C)(C)C)s2)nn1. The highest BCUT2D eigenvalue weighted by atomic mass is 32.1. The summed E-state index contributed by atoms with van der Waals surface area (Å²) in [6.07, 6.45) is 0. The summed E-state index contributed by atoms with van der Waals surface area (Å²) in [6, 6.07) is 3.68. The van der Waals surface area contributed by atoms with Gasteiger partial charge in [-0.3, -0.25) is 0 Å². The lowest BCUT2D eigenvalue weighted by Gasteiger charge is -2.19. The summed E-state index contributed by atoms with van der Waals surface area (Å²) in [7, 11) is 1.58. The van der Waals surface area contributed by atoms with E-state index in [0.29, 0.717) is 5.88 Å². The molecule has 0 saturated carbocycles. The number of aryl methyl sites for hydroxylation is 1. The molecule has 0 atom stereocenters. The van der Waals surface area contributed by atoms with Gasteiger partial charge < -0.3 is 10.1 Å². The third-order valence-corrected chi connectivity index (χ3v) is 3.92. The Morgan fingerprint density at radius 1 is 1.25 bits per heavy atom. The van der Waals surface area contributed by atoms with E-state index >= 15 is 0 Å². The molecule has 1 N–H and O–H groups in total. The smallest absolute Gasteiger partial charge is 0.233 e. The Bertz CT molecular complexity index is 572. The molecule has 0 unspecified atom stereocenters. The summed E-state index contributed by atoms with van der Waals surface area (Å²) in [5.74, 6) is 0.511. The van der Waals surface area contributed by atoms with Gasteiger partial charge in [-0.2, -0.15) is 0 Å². The Balaban J connectivity index is 2.17. The molecule has 108 valence electrons. The molecule has 2 aromatic heterocycles. The van der Waals surface area contributed by atoms with E-state index in [2.05, 4.69) is 41.3 Å². The second kappa shape index (κ2) is 5.85. The van der Waals surface area contributed by atoms with Gasteiger partial charge in [0.25, 0.3) is 0 Å². The van der Waals surface area contributed by atoms with E-state index in [-0.39, 0.29) is 5.54 Å². The second-order valence-corrected chi connectivity index (χ2v) is 6.68. The highest BCUT2D eigenvalue weighted by Gasteiger charge is 2.14. The lowest BCUT2D eigenvalue weighted by atomic mass is 10.1. The number of hydrogen-bond acceptors (Lipinski definition) is 6. The van der Waals surface area contributed by atoms with Crippen molar-refractivity contribution in [2.45, 2.75) is 39.8 Å². The van der Waals surface area contributed by atoms with Gasteiger partial charge in [-0.25, -0.2) is 4.98 Å². The quantitative estimate of drug-likeness (QED) is 0.939. The highest BCUT2D eigenvalue weighted by Crippen LogP contribution is 2.27. The predicted octanol–water partition coefficient (Wildman–Crippen LogP) is 2.81. The zero-order chi connectivity index (χ0) is 14.8. The third-order valence-electron chi connectivity index (χ3n) is 2.74. The number of methoxy groups -OCH3 is 1. The van der Waals surface area contributed by atoms with Gasteiger partial charge in [0.1, 0.15) is 10.7 Å². The maximum absolute atomic E-state index is 5.01. The minimum atomic E-state index is 0.0938. The van der Waals surface area contributed by atoms with Crippen LogP contribution in [-0.2, 0) is 6.54 Å². The fraction of sp³-hybridized carbons (Fsp3) is 0.500. The molecule has 0 amide bonds. The lowest BCUT2D eigenvalue weighted by molar-refractivity contribution is 0.392. The van der Waals surface area contributed by atoms with Crippen LogP contribution in [0.3, 0.4) is 0 Å². The molecule has 2 heterocycles. The van der Waals surface area contributed by atoms with Crippen LogP contribution in [0.5, 0.6) is 5.88 Å². The molecule has 6 heteroatoms. The van der Waals surface area contributed by atoms with Gasteiger partial charge in [-0.05, 0) is 33.8 Å². The van der Waals surface area contributed by atoms with Crippen LogP contribution in [0.2, 0.25) is 0 Å². The minimum absolute atomic E-state index is 0.0938. The van der Waals surface area contributed by atoms with Crippen LogP contribution < -0.4 is 10.1 Å². The maximum Gasteiger partial charge on any atom is 0.233 e. The first-order chi connectivity index (χ1) is 9.39. The van der Waals surface area contributed by atoms with E-state index in [9.17, 15) is 0 Å². The Hall–Kier alpha value is -1.53. The molecule has 0 aliphatic rings. The van der Waals surface area contributed by atoms with Crippen LogP contribution in [0.1, 0.15) is 31.3 Å². The van der Waals surface area contributed by atoms with E-state index in [0.717, 1.165) is 22.9 Å². The van der Waals surface area contributed by atoms with Crippen molar-refractivity contribution in [2.24, 2.45) is 0 Å². The molecule has 0 fully saturated rings. The molecule has 2 aromatic rings. The Morgan fingerprint density at radius 2 is 2.00 bits per heavy atom. The number of hydrogen-bond donors (Lipinski definition) is 1. The first-order valence-electron chi connectivity index (χ1n) is 6.48. The summed E-state index contributed by atoms with van der Waals surface area (Å²) in [5, 5.41) is 12.5. The van der Waals surface area contributed by atoms with Crippen molar-refractivity contribution < 1.29 is 4.74 Å². The van der Waals surface area contributed by atoms with Crippen LogP contribution in [0.4, 0.5) is 0 Å². The van der Waals surface area contributed by atoms with Crippen molar-refractivity contribution in [1.82, 2.24) is 20.5 Å². The molecule has 0 radical (unpaired) electrons. The number of thiazole rings is 1. The van der Waals surface area contributed by atoms with Gasteiger partial charge in [0.15, 0.2) is 0 Å². The fourth-order valence-corrected chi connectivity index (χ4v) is 2.56. The first kappa shape index (κ1) is 14.9. The zero-order valence-electron chi connectivity index (χ0n) is 12.5. The second-order valence-electron chi connectivity index (χ2n) is 5.59. The van der Waals surface area contributed by atoms with Crippen molar-refractivity contribution in [3.63, 3.8) is 0 Å². The van der Waals surface area contributed by atoms with Crippen LogP contribution in [0, 0.1) is 6.92 Å². The first-order valence-corrected chi connectivity index (χ1v) is 7.30. The maximum atomic E-state index is 5.01.